The molecule has 1 heterocycles. The van der Waals surface area contributed by atoms with Gasteiger partial charge in [0.15, 0.2) is 0 Å². The van der Waals surface area contributed by atoms with Crippen LogP contribution in [-0.2, 0) is 26.3 Å². The first kappa shape index (κ1) is 21.8. The summed E-state index contributed by atoms with van der Waals surface area (Å²) in [4.78, 5) is 2.73. The largest absolute Gasteiger partial charge is 0.417 e. The number of allylic oxidation sites excluding steroid dienone is 2. The molecule has 1 radical (unpaired) electrons. The molecule has 1 aliphatic carbocycles. The van der Waals surface area contributed by atoms with Gasteiger partial charge in [-0.05, 0) is 0 Å². The van der Waals surface area contributed by atoms with E-state index in [4.69, 9.17) is 0 Å². The molecule has 0 saturated carbocycles. The minimum Gasteiger partial charge on any atom is -0.350 e. The Hall–Kier alpha value is -1.23. The molecule has 0 aliphatic heterocycles. The van der Waals surface area contributed by atoms with Crippen molar-refractivity contribution in [1.82, 2.24) is 4.98 Å². The van der Waals surface area contributed by atoms with E-state index in [0.717, 1.165) is 0 Å². The fourth-order valence-corrected chi connectivity index (χ4v) is 1.80. The predicted octanol–water partition coefficient (Wildman–Crippen LogP) is 4.84. The molecule has 0 unspecified atom stereocenters. The van der Waals surface area contributed by atoms with E-state index in [1.165, 1.54) is 0 Å². The van der Waals surface area contributed by atoms with Crippen LogP contribution in [0.5, 0.6) is 0 Å². The molecule has 143 valence electrons. The maximum Gasteiger partial charge on any atom is 0.417 e. The van der Waals surface area contributed by atoms with E-state index < -0.39 is 46.7 Å². The summed E-state index contributed by atoms with van der Waals surface area (Å²) in [5.74, 6) is -24.6. The molecule has 0 amide bonds. The SMILES string of the molecule is FC(F)(F)c1ccc(C2=[C-]C(F)(F)C(F)(F)C(F)(F)C2(F)F)nc1.[Ir]. The minimum atomic E-state index is -6.52. The van der Waals surface area contributed by atoms with Crippen molar-refractivity contribution in [2.24, 2.45) is 0 Å². The van der Waals surface area contributed by atoms with Gasteiger partial charge in [-0.1, -0.05) is 11.8 Å². The third-order valence-electron chi connectivity index (χ3n) is 3.13. The summed E-state index contributed by atoms with van der Waals surface area (Å²) in [5, 5.41) is 0. The second-order valence-corrected chi connectivity index (χ2v) is 4.73. The Balaban J connectivity index is 0.00000312. The number of aromatic nitrogens is 1. The third kappa shape index (κ3) is 3.05. The Labute approximate surface area is 145 Å². The average Bonchev–Trinajstić information content (AvgIpc) is 2.42. The van der Waals surface area contributed by atoms with Crippen molar-refractivity contribution in [1.29, 1.82) is 0 Å². The third-order valence-corrected chi connectivity index (χ3v) is 3.13. The molecule has 0 bridgehead atoms. The van der Waals surface area contributed by atoms with Crippen LogP contribution >= 0.6 is 0 Å². The summed E-state index contributed by atoms with van der Waals surface area (Å²) in [5.41, 5.74) is -5.38. The Morgan fingerprint density at radius 1 is 0.840 bits per heavy atom. The first-order valence-corrected chi connectivity index (χ1v) is 5.76. The van der Waals surface area contributed by atoms with Crippen LogP contribution in [0.15, 0.2) is 18.3 Å². The van der Waals surface area contributed by atoms with Gasteiger partial charge in [0.2, 0.25) is 0 Å². The Morgan fingerprint density at radius 3 is 1.76 bits per heavy atom. The summed E-state index contributed by atoms with van der Waals surface area (Å²) in [6.45, 7) is 0. The van der Waals surface area contributed by atoms with E-state index in [0.29, 0.717) is 0 Å². The van der Waals surface area contributed by atoms with Crippen LogP contribution in [0.25, 0.3) is 5.57 Å². The van der Waals surface area contributed by atoms with Crippen LogP contribution in [-0.4, -0.2) is 28.7 Å². The molecule has 0 spiro atoms. The second kappa shape index (κ2) is 5.90. The molecule has 1 aromatic rings. The van der Waals surface area contributed by atoms with Crippen LogP contribution in [0.2, 0.25) is 0 Å². The van der Waals surface area contributed by atoms with Crippen molar-refractivity contribution in [3.8, 4) is 0 Å². The van der Waals surface area contributed by atoms with Crippen molar-refractivity contribution in [2.45, 2.75) is 29.9 Å². The Morgan fingerprint density at radius 2 is 1.36 bits per heavy atom. The van der Waals surface area contributed by atoms with E-state index in [1.807, 2.05) is 0 Å². The maximum absolute atomic E-state index is 13.6. The van der Waals surface area contributed by atoms with Crippen LogP contribution in [0.3, 0.4) is 0 Å². The summed E-state index contributed by atoms with van der Waals surface area (Å²) < 4.78 is 143. The summed E-state index contributed by atoms with van der Waals surface area (Å²) in [6.07, 6.45) is -4.80. The van der Waals surface area contributed by atoms with Crippen molar-refractivity contribution in [3.05, 3.63) is 35.7 Å². The number of nitrogens with zero attached hydrogens (tertiary/aromatic N) is 1. The molecular formula is C12H3F11IrN-. The Kier molecular flexibility index (Phi) is 5.15. The van der Waals surface area contributed by atoms with Gasteiger partial charge in [-0.2, -0.15) is 45.6 Å². The number of rotatable bonds is 1. The van der Waals surface area contributed by atoms with Gasteiger partial charge >= 0.3 is 23.9 Å². The molecule has 0 atom stereocenters. The molecule has 0 aromatic carbocycles. The monoisotopic (exact) mass is 563 g/mol. The predicted molar refractivity (Wildman–Crippen MR) is 55.7 cm³/mol. The standard InChI is InChI=1S/C12H3F11N.Ir/c13-8(14)3-6(9(15,16)12(22,23)11(8,20)21)7-2-1-5(4-24-7)10(17,18)19;/h1-2,4H;/q-1;. The van der Waals surface area contributed by atoms with Crippen molar-refractivity contribution >= 4 is 5.57 Å². The molecule has 0 fully saturated rings. The first-order chi connectivity index (χ1) is 10.6. The van der Waals surface area contributed by atoms with Crippen LogP contribution in [0.1, 0.15) is 11.3 Å². The summed E-state index contributed by atoms with van der Waals surface area (Å²) in [6, 6.07) is 0.171. The van der Waals surface area contributed by atoms with Crippen LogP contribution in [0.4, 0.5) is 48.3 Å². The molecule has 1 aromatic heterocycles. The van der Waals surface area contributed by atoms with Gasteiger partial charge in [0, 0.05) is 26.3 Å². The zero-order valence-electron chi connectivity index (χ0n) is 11.2. The van der Waals surface area contributed by atoms with Gasteiger partial charge in [0.25, 0.3) is 5.92 Å². The molecule has 0 saturated heterocycles. The molecule has 25 heavy (non-hydrogen) atoms. The van der Waals surface area contributed by atoms with Gasteiger partial charge in [-0.25, -0.2) is 8.78 Å². The average molecular weight is 562 g/mol. The fraction of sp³-hybridized carbons (Fsp3) is 0.417. The van der Waals surface area contributed by atoms with Gasteiger partial charge in [-0.15, -0.1) is 11.6 Å². The molecule has 2 rings (SSSR count). The van der Waals surface area contributed by atoms with E-state index >= 15 is 0 Å². The van der Waals surface area contributed by atoms with Crippen LogP contribution in [0, 0.1) is 6.08 Å². The van der Waals surface area contributed by atoms with Crippen LogP contribution < -0.4 is 0 Å². The molecule has 1 aliphatic rings. The van der Waals surface area contributed by atoms with E-state index in [9.17, 15) is 48.3 Å². The normalized spacial score (nSPS) is 23.4. The quantitative estimate of drug-likeness (QED) is 0.353. The topological polar surface area (TPSA) is 12.9 Å². The number of hydrogen-bond donors (Lipinski definition) is 0. The van der Waals surface area contributed by atoms with Gasteiger partial charge in [0.1, 0.15) is 0 Å². The van der Waals surface area contributed by atoms with E-state index in [2.05, 4.69) is 4.98 Å². The molecule has 13 heteroatoms. The molecule has 0 N–H and O–H groups in total. The zero-order chi connectivity index (χ0) is 18.8. The minimum absolute atomic E-state index is 0. The van der Waals surface area contributed by atoms with Crippen molar-refractivity contribution in [2.75, 3.05) is 0 Å². The number of halogens is 11. The maximum atomic E-state index is 13.6. The number of alkyl halides is 11. The second-order valence-electron chi connectivity index (χ2n) is 4.73. The summed E-state index contributed by atoms with van der Waals surface area (Å²) >= 11 is 0. The number of hydrogen-bond acceptors (Lipinski definition) is 1. The summed E-state index contributed by atoms with van der Waals surface area (Å²) in [7, 11) is 0. The number of pyridine rings is 1. The molecular weight excluding hydrogens is 559 g/mol. The van der Waals surface area contributed by atoms with Gasteiger partial charge in [-0.3, -0.25) is 0 Å². The Bertz CT molecular complexity index is 675. The fourth-order valence-electron chi connectivity index (χ4n) is 1.80. The molecule has 1 nitrogen and oxygen atoms in total. The first-order valence-electron chi connectivity index (χ1n) is 5.76. The van der Waals surface area contributed by atoms with Crippen molar-refractivity contribution in [3.63, 3.8) is 0 Å². The van der Waals surface area contributed by atoms with E-state index in [1.54, 1.807) is 0 Å². The smallest absolute Gasteiger partial charge is 0.350 e. The van der Waals surface area contributed by atoms with Crippen molar-refractivity contribution < 1.29 is 68.4 Å². The van der Waals surface area contributed by atoms with E-state index in [-0.39, 0.29) is 44.5 Å². The van der Waals surface area contributed by atoms with Gasteiger partial charge < -0.3 is 4.98 Å². The van der Waals surface area contributed by atoms with Gasteiger partial charge in [0.05, 0.1) is 5.56 Å². The zero-order valence-corrected chi connectivity index (χ0v) is 13.6.